The summed E-state index contributed by atoms with van der Waals surface area (Å²) >= 11 is 12.3. The maximum atomic E-state index is 12.9. The molecule has 31 heavy (non-hydrogen) atoms. The molecule has 3 aromatic rings. The molecule has 0 spiro atoms. The van der Waals surface area contributed by atoms with E-state index in [1.807, 2.05) is 0 Å². The Hall–Kier alpha value is -2.40. The summed E-state index contributed by atoms with van der Waals surface area (Å²) in [6, 6.07) is 4.76. The monoisotopic (exact) mass is 485 g/mol. The van der Waals surface area contributed by atoms with Crippen LogP contribution >= 0.6 is 23.2 Å². The van der Waals surface area contributed by atoms with Crippen molar-refractivity contribution in [1.82, 2.24) is 19.3 Å². The molecule has 0 aliphatic carbocycles. The van der Waals surface area contributed by atoms with Crippen LogP contribution in [0, 0.1) is 0 Å². The highest BCUT2D eigenvalue weighted by Crippen LogP contribution is 2.31. The Balaban J connectivity index is 2.21. The molecule has 0 amide bonds. The van der Waals surface area contributed by atoms with Crippen LogP contribution in [0.25, 0.3) is 5.65 Å². The molecule has 0 radical (unpaired) electrons. The normalized spacial score (nSPS) is 12.2. The second kappa shape index (κ2) is 8.62. The Morgan fingerprint density at radius 1 is 1.23 bits per heavy atom. The van der Waals surface area contributed by atoms with Crippen molar-refractivity contribution in [3.63, 3.8) is 0 Å². The molecule has 1 aromatic carbocycles. The van der Waals surface area contributed by atoms with Gasteiger partial charge in [-0.1, -0.05) is 23.2 Å². The predicted octanol–water partition coefficient (Wildman–Crippen LogP) is 4.03. The first-order valence-electron chi connectivity index (χ1n) is 9.23. The van der Waals surface area contributed by atoms with Crippen molar-refractivity contribution in [3.05, 3.63) is 46.2 Å². The van der Waals surface area contributed by atoms with Gasteiger partial charge >= 0.3 is 5.97 Å². The van der Waals surface area contributed by atoms with E-state index in [0.29, 0.717) is 15.7 Å². The molecule has 166 valence electrons. The maximum Gasteiger partial charge on any atom is 0.343 e. The van der Waals surface area contributed by atoms with E-state index in [1.165, 1.54) is 10.7 Å². The lowest BCUT2D eigenvalue weighted by atomic mass is 10.1. The van der Waals surface area contributed by atoms with Gasteiger partial charge in [0.25, 0.3) is 0 Å². The highest BCUT2D eigenvalue weighted by atomic mass is 35.5. The standard InChI is InChI=1S/C19H21Cl2N5O4S/c1-5-30-18(27)12-9-22-17-15(31(28,29)25-19(2,3)4)10-23-26(17)16(12)24-14-8-11(20)6-7-13(14)21/h6-10,24-25H,5H2,1-4H3. The quantitative estimate of drug-likeness (QED) is 0.506. The number of sulfonamides is 1. The Bertz CT molecular complexity index is 1250. The van der Waals surface area contributed by atoms with Crippen LogP contribution in [0.3, 0.4) is 0 Å². The zero-order valence-corrected chi connectivity index (χ0v) is 19.6. The second-order valence-electron chi connectivity index (χ2n) is 7.59. The lowest BCUT2D eigenvalue weighted by molar-refractivity contribution is 0.0526. The third-order valence-electron chi connectivity index (χ3n) is 3.90. The van der Waals surface area contributed by atoms with E-state index in [9.17, 15) is 13.2 Å². The lowest BCUT2D eigenvalue weighted by Gasteiger charge is -2.19. The summed E-state index contributed by atoms with van der Waals surface area (Å²) in [5, 5.41) is 7.90. The summed E-state index contributed by atoms with van der Waals surface area (Å²) in [5.74, 6) is -0.532. The van der Waals surface area contributed by atoms with Crippen molar-refractivity contribution in [2.75, 3.05) is 11.9 Å². The van der Waals surface area contributed by atoms with Crippen LogP contribution in [-0.2, 0) is 14.8 Å². The van der Waals surface area contributed by atoms with Crippen molar-refractivity contribution in [3.8, 4) is 0 Å². The fraction of sp³-hybridized carbons (Fsp3) is 0.316. The number of hydrogen-bond acceptors (Lipinski definition) is 7. The zero-order valence-electron chi connectivity index (χ0n) is 17.2. The van der Waals surface area contributed by atoms with Gasteiger partial charge in [-0.3, -0.25) is 0 Å². The number of ether oxygens (including phenoxy) is 1. The topological polar surface area (TPSA) is 115 Å². The molecule has 0 bridgehead atoms. The zero-order chi connectivity index (χ0) is 23.0. The summed E-state index contributed by atoms with van der Waals surface area (Å²) in [6.07, 6.45) is 2.39. The van der Waals surface area contributed by atoms with E-state index in [0.717, 1.165) is 6.20 Å². The van der Waals surface area contributed by atoms with Gasteiger partial charge in [-0.25, -0.2) is 22.9 Å². The Labute approximate surface area is 189 Å². The summed E-state index contributed by atoms with van der Waals surface area (Å²) in [5.41, 5.74) is -0.264. The first-order chi connectivity index (χ1) is 14.4. The molecule has 12 heteroatoms. The number of nitrogens with zero attached hydrogens (tertiary/aromatic N) is 3. The average Bonchev–Trinajstić information content (AvgIpc) is 3.08. The van der Waals surface area contributed by atoms with Crippen LogP contribution in [0.4, 0.5) is 11.5 Å². The number of benzene rings is 1. The largest absolute Gasteiger partial charge is 0.462 e. The third kappa shape index (κ3) is 5.09. The van der Waals surface area contributed by atoms with Gasteiger partial charge in [0, 0.05) is 16.8 Å². The third-order valence-corrected chi connectivity index (χ3v) is 6.21. The second-order valence-corrected chi connectivity index (χ2v) is 10.1. The van der Waals surface area contributed by atoms with Crippen LogP contribution in [0.1, 0.15) is 38.1 Å². The molecular formula is C19H21Cl2N5O4S. The minimum Gasteiger partial charge on any atom is -0.462 e. The number of hydrogen-bond donors (Lipinski definition) is 2. The van der Waals surface area contributed by atoms with Gasteiger partial charge in [0.05, 0.1) is 23.5 Å². The fourth-order valence-electron chi connectivity index (χ4n) is 2.76. The molecule has 2 N–H and O–H groups in total. The Morgan fingerprint density at radius 2 is 1.94 bits per heavy atom. The van der Waals surface area contributed by atoms with Crippen molar-refractivity contribution >= 4 is 56.3 Å². The van der Waals surface area contributed by atoms with E-state index in [4.69, 9.17) is 27.9 Å². The van der Waals surface area contributed by atoms with Crippen molar-refractivity contribution in [2.45, 2.75) is 38.1 Å². The summed E-state index contributed by atoms with van der Waals surface area (Å²) in [4.78, 5) is 16.5. The molecule has 9 nitrogen and oxygen atoms in total. The molecule has 2 heterocycles. The predicted molar refractivity (Wildman–Crippen MR) is 119 cm³/mol. The minimum absolute atomic E-state index is 0.0189. The smallest absolute Gasteiger partial charge is 0.343 e. The number of carbonyl (C=O) groups excluding carboxylic acids is 1. The van der Waals surface area contributed by atoms with Crippen LogP contribution in [-0.4, -0.2) is 41.1 Å². The van der Waals surface area contributed by atoms with Gasteiger partial charge in [0.2, 0.25) is 10.0 Å². The van der Waals surface area contributed by atoms with Crippen molar-refractivity contribution < 1.29 is 17.9 Å². The number of rotatable bonds is 6. The summed E-state index contributed by atoms with van der Waals surface area (Å²) in [6.45, 7) is 6.97. The number of aromatic nitrogens is 3. The van der Waals surface area contributed by atoms with Gasteiger partial charge in [-0.15, -0.1) is 0 Å². The van der Waals surface area contributed by atoms with Crippen molar-refractivity contribution in [2.24, 2.45) is 0 Å². The van der Waals surface area contributed by atoms with E-state index in [1.54, 1.807) is 45.9 Å². The molecule has 0 atom stereocenters. The molecule has 0 saturated carbocycles. The van der Waals surface area contributed by atoms with E-state index >= 15 is 0 Å². The van der Waals surface area contributed by atoms with Crippen LogP contribution in [0.15, 0.2) is 35.5 Å². The molecule has 2 aromatic heterocycles. The first kappa shape index (κ1) is 23.3. The average molecular weight is 486 g/mol. The molecule has 0 aliphatic heterocycles. The van der Waals surface area contributed by atoms with Gasteiger partial charge < -0.3 is 10.1 Å². The first-order valence-corrected chi connectivity index (χ1v) is 11.5. The lowest BCUT2D eigenvalue weighted by Crippen LogP contribution is -2.40. The number of halogens is 2. The van der Waals surface area contributed by atoms with Crippen LogP contribution in [0.2, 0.25) is 10.0 Å². The maximum absolute atomic E-state index is 12.9. The van der Waals surface area contributed by atoms with E-state index < -0.39 is 21.5 Å². The number of carbonyl (C=O) groups is 1. The van der Waals surface area contributed by atoms with Gasteiger partial charge in [0.15, 0.2) is 11.5 Å². The summed E-state index contributed by atoms with van der Waals surface area (Å²) in [7, 11) is -3.94. The fourth-order valence-corrected chi connectivity index (χ4v) is 4.58. The van der Waals surface area contributed by atoms with Gasteiger partial charge in [-0.2, -0.15) is 9.61 Å². The van der Waals surface area contributed by atoms with Crippen molar-refractivity contribution in [1.29, 1.82) is 0 Å². The number of nitrogens with one attached hydrogen (secondary N) is 2. The SMILES string of the molecule is CCOC(=O)c1cnc2c(S(=O)(=O)NC(C)(C)C)cnn2c1Nc1cc(Cl)ccc1Cl. The summed E-state index contributed by atoms with van der Waals surface area (Å²) < 4.78 is 34.6. The minimum atomic E-state index is -3.94. The number of fused-ring (bicyclic) bond motifs is 1. The van der Waals surface area contributed by atoms with Gasteiger partial charge in [-0.05, 0) is 45.9 Å². The number of anilines is 2. The van der Waals surface area contributed by atoms with Crippen LogP contribution in [0.5, 0.6) is 0 Å². The molecule has 0 saturated heterocycles. The molecule has 0 aliphatic rings. The molecule has 3 rings (SSSR count). The number of esters is 1. The van der Waals surface area contributed by atoms with Gasteiger partial charge in [0.1, 0.15) is 10.5 Å². The Kier molecular flexibility index (Phi) is 6.47. The molecule has 0 fully saturated rings. The molecular weight excluding hydrogens is 465 g/mol. The highest BCUT2D eigenvalue weighted by Gasteiger charge is 2.28. The van der Waals surface area contributed by atoms with E-state index in [-0.39, 0.29) is 28.5 Å². The highest BCUT2D eigenvalue weighted by molar-refractivity contribution is 7.89. The molecule has 0 unspecified atom stereocenters. The van der Waals surface area contributed by atoms with Crippen LogP contribution < -0.4 is 10.0 Å². The van der Waals surface area contributed by atoms with E-state index in [2.05, 4.69) is 20.1 Å². The Morgan fingerprint density at radius 3 is 2.58 bits per heavy atom.